The van der Waals surface area contributed by atoms with E-state index in [4.69, 9.17) is 12.2 Å². The van der Waals surface area contributed by atoms with Gasteiger partial charge in [-0.05, 0) is 25.2 Å². The van der Waals surface area contributed by atoms with Crippen LogP contribution in [0, 0.1) is 17.0 Å². The molecule has 1 aromatic rings. The second-order valence-corrected chi connectivity index (χ2v) is 3.97. The quantitative estimate of drug-likeness (QED) is 0.498. The second-order valence-electron chi connectivity index (χ2n) is 3.56. The summed E-state index contributed by atoms with van der Waals surface area (Å²) < 4.78 is 0. The van der Waals surface area contributed by atoms with Gasteiger partial charge in [0.25, 0.3) is 5.69 Å². The van der Waals surface area contributed by atoms with Gasteiger partial charge < -0.3 is 10.6 Å². The number of rotatable bonds is 3. The van der Waals surface area contributed by atoms with Crippen LogP contribution in [-0.2, 0) is 4.79 Å². The topological polar surface area (TPSA) is 84.3 Å². The summed E-state index contributed by atoms with van der Waals surface area (Å²) >= 11 is 4.93. The minimum absolute atomic E-state index is 0.00428. The number of hydrogen-bond donors (Lipinski definition) is 2. The highest BCUT2D eigenvalue weighted by atomic mass is 32.1. The summed E-state index contributed by atoms with van der Waals surface area (Å²) in [5, 5.41) is 16.1. The Morgan fingerprint density at radius 3 is 2.72 bits per heavy atom. The van der Waals surface area contributed by atoms with E-state index in [0.717, 1.165) is 0 Å². The molecular weight excluding hydrogens is 254 g/mol. The molecule has 0 bridgehead atoms. The number of nitrogens with zero attached hydrogens (tertiary/aromatic N) is 1. The molecule has 1 amide bonds. The molecule has 18 heavy (non-hydrogen) atoms. The first-order chi connectivity index (χ1) is 8.45. The molecule has 0 saturated heterocycles. The van der Waals surface area contributed by atoms with Gasteiger partial charge in [0.2, 0.25) is 5.91 Å². The molecule has 0 radical (unpaired) electrons. The highest BCUT2D eigenvalue weighted by Crippen LogP contribution is 2.24. The maximum Gasteiger partial charge on any atom is 0.274 e. The van der Waals surface area contributed by atoms with Crippen LogP contribution in [0.4, 0.5) is 11.4 Å². The van der Waals surface area contributed by atoms with Crippen molar-refractivity contribution in [2.45, 2.75) is 20.3 Å². The molecule has 0 aliphatic heterocycles. The van der Waals surface area contributed by atoms with Gasteiger partial charge in [-0.15, -0.1) is 0 Å². The Kier molecular flexibility index (Phi) is 4.73. The Labute approximate surface area is 110 Å². The van der Waals surface area contributed by atoms with E-state index < -0.39 is 4.92 Å². The average molecular weight is 267 g/mol. The van der Waals surface area contributed by atoms with E-state index in [2.05, 4.69) is 10.6 Å². The van der Waals surface area contributed by atoms with E-state index in [0.29, 0.717) is 17.7 Å². The molecule has 0 atom stereocenters. The zero-order valence-corrected chi connectivity index (χ0v) is 10.8. The van der Waals surface area contributed by atoms with E-state index in [1.807, 2.05) is 0 Å². The first kappa shape index (κ1) is 14.0. The zero-order chi connectivity index (χ0) is 13.7. The molecule has 0 heterocycles. The highest BCUT2D eigenvalue weighted by Gasteiger charge is 2.14. The number of nitro groups is 1. The van der Waals surface area contributed by atoms with Crippen molar-refractivity contribution in [1.82, 2.24) is 5.32 Å². The first-order valence-electron chi connectivity index (χ1n) is 5.30. The molecule has 2 N–H and O–H groups in total. The minimum atomic E-state index is -0.464. The van der Waals surface area contributed by atoms with Crippen LogP contribution in [0.1, 0.15) is 18.9 Å². The van der Waals surface area contributed by atoms with Gasteiger partial charge in [0.1, 0.15) is 0 Å². The fourth-order valence-corrected chi connectivity index (χ4v) is 1.55. The van der Waals surface area contributed by atoms with Crippen molar-refractivity contribution in [3.8, 4) is 0 Å². The van der Waals surface area contributed by atoms with Crippen molar-refractivity contribution in [1.29, 1.82) is 0 Å². The van der Waals surface area contributed by atoms with Gasteiger partial charge in [-0.3, -0.25) is 14.9 Å². The molecule has 0 fully saturated rings. The third-order valence-electron chi connectivity index (χ3n) is 2.32. The molecule has 0 saturated carbocycles. The van der Waals surface area contributed by atoms with Crippen LogP contribution in [0.2, 0.25) is 0 Å². The van der Waals surface area contributed by atoms with Gasteiger partial charge in [-0.2, -0.15) is 0 Å². The van der Waals surface area contributed by atoms with E-state index >= 15 is 0 Å². The number of anilines is 1. The summed E-state index contributed by atoms with van der Waals surface area (Å²) in [6.07, 6.45) is 0.315. The number of carbonyl (C=O) groups is 1. The molecule has 96 valence electrons. The number of carbonyl (C=O) groups excluding carboxylic acids is 1. The Hall–Kier alpha value is -2.02. The molecule has 0 unspecified atom stereocenters. The van der Waals surface area contributed by atoms with Gasteiger partial charge in [-0.25, -0.2) is 0 Å². The highest BCUT2D eigenvalue weighted by molar-refractivity contribution is 7.80. The summed E-state index contributed by atoms with van der Waals surface area (Å²) in [7, 11) is 0. The minimum Gasteiger partial charge on any atom is -0.332 e. The summed E-state index contributed by atoms with van der Waals surface area (Å²) in [6.45, 7) is 3.32. The lowest BCUT2D eigenvalue weighted by Crippen LogP contribution is -2.33. The Bertz CT molecular complexity index is 502. The van der Waals surface area contributed by atoms with Gasteiger partial charge in [0.05, 0.1) is 16.2 Å². The van der Waals surface area contributed by atoms with E-state index in [-0.39, 0.29) is 16.7 Å². The van der Waals surface area contributed by atoms with Crippen LogP contribution in [0.5, 0.6) is 0 Å². The van der Waals surface area contributed by atoms with E-state index in [1.165, 1.54) is 6.07 Å². The third kappa shape index (κ3) is 3.49. The lowest BCUT2D eigenvalue weighted by Gasteiger charge is -2.11. The third-order valence-corrected chi connectivity index (χ3v) is 2.53. The Morgan fingerprint density at radius 2 is 2.17 bits per heavy atom. The van der Waals surface area contributed by atoms with Gasteiger partial charge >= 0.3 is 0 Å². The first-order valence-corrected chi connectivity index (χ1v) is 5.71. The summed E-state index contributed by atoms with van der Waals surface area (Å²) in [4.78, 5) is 21.4. The van der Waals surface area contributed by atoms with Gasteiger partial charge in [0.15, 0.2) is 5.11 Å². The number of thiocarbonyl (C=S) groups is 1. The maximum atomic E-state index is 11.1. The van der Waals surface area contributed by atoms with Crippen molar-refractivity contribution < 1.29 is 9.72 Å². The van der Waals surface area contributed by atoms with Crippen LogP contribution in [0.25, 0.3) is 0 Å². The molecule has 0 aliphatic carbocycles. The van der Waals surface area contributed by atoms with Crippen LogP contribution in [-0.4, -0.2) is 15.9 Å². The average Bonchev–Trinajstić information content (AvgIpc) is 2.31. The van der Waals surface area contributed by atoms with Crippen LogP contribution < -0.4 is 10.6 Å². The molecule has 1 rings (SSSR count). The Morgan fingerprint density at radius 1 is 1.50 bits per heavy atom. The van der Waals surface area contributed by atoms with Gasteiger partial charge in [-0.1, -0.05) is 13.0 Å². The smallest absolute Gasteiger partial charge is 0.274 e. The maximum absolute atomic E-state index is 11.1. The summed E-state index contributed by atoms with van der Waals surface area (Å²) in [5.74, 6) is -0.212. The normalized spacial score (nSPS) is 9.67. The molecule has 0 aliphatic rings. The van der Waals surface area contributed by atoms with Crippen molar-refractivity contribution in [2.75, 3.05) is 5.32 Å². The van der Waals surface area contributed by atoms with Crippen molar-refractivity contribution in [3.05, 3.63) is 33.9 Å². The summed E-state index contributed by atoms with van der Waals surface area (Å²) in [6, 6.07) is 4.62. The van der Waals surface area contributed by atoms with Crippen molar-refractivity contribution >= 4 is 34.6 Å². The standard InChI is InChI=1S/C11H13N3O3S/c1-3-10(15)13-11(18)12-8-5-4-6-9(7(8)2)14(16)17/h4-6H,3H2,1-2H3,(H2,12,13,15,18). The fraction of sp³-hybridized carbons (Fsp3) is 0.273. The molecule has 0 aromatic heterocycles. The molecule has 1 aromatic carbocycles. The zero-order valence-electron chi connectivity index (χ0n) is 10.0. The Balaban J connectivity index is 2.85. The number of hydrogen-bond acceptors (Lipinski definition) is 4. The number of benzene rings is 1. The van der Waals surface area contributed by atoms with Crippen LogP contribution in [0.15, 0.2) is 18.2 Å². The summed E-state index contributed by atoms with van der Waals surface area (Å²) in [5.41, 5.74) is 0.978. The second kappa shape index (κ2) is 6.06. The van der Waals surface area contributed by atoms with Gasteiger partial charge in [0, 0.05) is 12.5 Å². The van der Waals surface area contributed by atoms with Crippen LogP contribution in [0.3, 0.4) is 0 Å². The van der Waals surface area contributed by atoms with E-state index in [1.54, 1.807) is 26.0 Å². The number of nitro benzene ring substituents is 1. The molecule has 7 heteroatoms. The predicted molar refractivity (Wildman–Crippen MR) is 72.5 cm³/mol. The van der Waals surface area contributed by atoms with E-state index in [9.17, 15) is 14.9 Å². The molecular formula is C11H13N3O3S. The lowest BCUT2D eigenvalue weighted by molar-refractivity contribution is -0.385. The monoisotopic (exact) mass is 267 g/mol. The van der Waals surface area contributed by atoms with Crippen LogP contribution >= 0.6 is 12.2 Å². The van der Waals surface area contributed by atoms with Crippen molar-refractivity contribution in [3.63, 3.8) is 0 Å². The fourth-order valence-electron chi connectivity index (χ4n) is 1.33. The molecule has 6 nitrogen and oxygen atoms in total. The number of nitrogens with one attached hydrogen (secondary N) is 2. The molecule has 0 spiro atoms. The predicted octanol–water partition coefficient (Wildman–Crippen LogP) is 2.13. The lowest BCUT2D eigenvalue weighted by atomic mass is 10.1. The SMILES string of the molecule is CCC(=O)NC(=S)Nc1cccc([N+](=O)[O-])c1C. The number of amides is 1. The van der Waals surface area contributed by atoms with Crippen molar-refractivity contribution in [2.24, 2.45) is 0 Å². The largest absolute Gasteiger partial charge is 0.332 e.